The van der Waals surface area contributed by atoms with Gasteiger partial charge in [-0.3, -0.25) is 9.59 Å². The summed E-state index contributed by atoms with van der Waals surface area (Å²) in [6.45, 7) is 1.50. The van der Waals surface area contributed by atoms with E-state index in [1.54, 1.807) is 25.3 Å². The highest BCUT2D eigenvalue weighted by Crippen LogP contribution is 2.28. The van der Waals surface area contributed by atoms with Crippen LogP contribution in [0.25, 0.3) is 0 Å². The molecular formula is C20H23ClN2O3S. The number of nitrogens with one attached hydrogen (secondary N) is 1. The lowest BCUT2D eigenvalue weighted by molar-refractivity contribution is -0.116. The highest BCUT2D eigenvalue weighted by Gasteiger charge is 2.25. The normalized spacial score (nSPS) is 16.8. The number of piperidine rings is 1. The van der Waals surface area contributed by atoms with Crippen molar-refractivity contribution in [2.75, 3.05) is 25.5 Å². The van der Waals surface area contributed by atoms with E-state index in [-0.39, 0.29) is 11.8 Å². The summed E-state index contributed by atoms with van der Waals surface area (Å²) in [7, 11) is 1.56. The molecule has 27 heavy (non-hydrogen) atoms. The summed E-state index contributed by atoms with van der Waals surface area (Å²) in [6.07, 6.45) is 3.18. The molecule has 2 amide bonds. The van der Waals surface area contributed by atoms with Gasteiger partial charge in [-0.1, -0.05) is 11.6 Å². The second-order valence-electron chi connectivity index (χ2n) is 6.70. The maximum absolute atomic E-state index is 12.5. The molecule has 3 rings (SSSR count). The molecule has 144 valence electrons. The van der Waals surface area contributed by atoms with Gasteiger partial charge in [0.2, 0.25) is 5.91 Å². The van der Waals surface area contributed by atoms with E-state index in [9.17, 15) is 9.59 Å². The second-order valence-corrected chi connectivity index (χ2v) is 7.92. The molecule has 7 heteroatoms. The molecular weight excluding hydrogens is 384 g/mol. The average Bonchev–Trinajstić information content (AvgIpc) is 3.21. The van der Waals surface area contributed by atoms with Crippen molar-refractivity contribution in [3.05, 3.63) is 45.6 Å². The number of methoxy groups -OCH3 is 1. The number of benzene rings is 1. The van der Waals surface area contributed by atoms with Gasteiger partial charge in [-0.2, -0.15) is 11.3 Å². The Balaban J connectivity index is 1.51. The Kier molecular flexibility index (Phi) is 6.74. The molecule has 0 spiro atoms. The van der Waals surface area contributed by atoms with Crippen molar-refractivity contribution in [1.29, 1.82) is 0 Å². The SMILES string of the molecule is COc1ccc(Cl)cc1NC(=O)CC[C@@H]1CCCN(C(=O)c2ccsc2)C1. The van der Waals surface area contributed by atoms with Crippen LogP contribution in [0.1, 0.15) is 36.0 Å². The first-order chi connectivity index (χ1) is 13.1. The number of ether oxygens (including phenoxy) is 1. The van der Waals surface area contributed by atoms with Gasteiger partial charge in [-0.25, -0.2) is 0 Å². The van der Waals surface area contributed by atoms with Crippen molar-refractivity contribution in [3.63, 3.8) is 0 Å². The van der Waals surface area contributed by atoms with Gasteiger partial charge in [0.1, 0.15) is 5.75 Å². The van der Waals surface area contributed by atoms with Crippen LogP contribution in [0.15, 0.2) is 35.0 Å². The van der Waals surface area contributed by atoms with Crippen LogP contribution in [-0.4, -0.2) is 36.9 Å². The standard InChI is InChI=1S/C20H23ClN2O3S/c1-26-18-6-5-16(21)11-17(18)22-19(24)7-4-14-3-2-9-23(12-14)20(25)15-8-10-27-13-15/h5-6,8,10-11,13-14H,2-4,7,9,12H2,1H3,(H,22,24)/t14-/m0/s1. The van der Waals surface area contributed by atoms with Crippen LogP contribution in [0.5, 0.6) is 5.75 Å². The Bertz CT molecular complexity index is 795. The van der Waals surface area contributed by atoms with Crippen molar-refractivity contribution >= 4 is 40.4 Å². The first-order valence-electron chi connectivity index (χ1n) is 9.01. The van der Waals surface area contributed by atoms with Gasteiger partial charge in [-0.15, -0.1) is 0 Å². The maximum atomic E-state index is 12.5. The minimum atomic E-state index is -0.0724. The Morgan fingerprint density at radius 3 is 2.96 bits per heavy atom. The van der Waals surface area contributed by atoms with Crippen LogP contribution in [-0.2, 0) is 4.79 Å². The molecule has 1 saturated heterocycles. The molecule has 0 bridgehead atoms. The predicted molar refractivity (Wildman–Crippen MR) is 109 cm³/mol. The van der Waals surface area contributed by atoms with E-state index in [1.807, 2.05) is 21.7 Å². The van der Waals surface area contributed by atoms with Crippen molar-refractivity contribution < 1.29 is 14.3 Å². The van der Waals surface area contributed by atoms with Crippen LogP contribution >= 0.6 is 22.9 Å². The highest BCUT2D eigenvalue weighted by molar-refractivity contribution is 7.08. The van der Waals surface area contributed by atoms with E-state index in [2.05, 4.69) is 5.32 Å². The number of thiophene rings is 1. The Labute approximate surface area is 168 Å². The van der Waals surface area contributed by atoms with Crippen LogP contribution in [0.2, 0.25) is 5.02 Å². The minimum Gasteiger partial charge on any atom is -0.495 e. The van der Waals surface area contributed by atoms with Crippen LogP contribution in [0.3, 0.4) is 0 Å². The first kappa shape index (κ1) is 19.7. The lowest BCUT2D eigenvalue weighted by atomic mass is 9.93. The molecule has 2 heterocycles. The summed E-state index contributed by atoms with van der Waals surface area (Å²) in [5.74, 6) is 0.942. The van der Waals surface area contributed by atoms with E-state index < -0.39 is 0 Å². The second kappa shape index (κ2) is 9.24. The molecule has 0 saturated carbocycles. The lowest BCUT2D eigenvalue weighted by Gasteiger charge is -2.32. The summed E-state index contributed by atoms with van der Waals surface area (Å²) < 4.78 is 5.25. The minimum absolute atomic E-state index is 0.0724. The molecule has 0 aliphatic carbocycles. The number of halogens is 1. The number of likely N-dealkylation sites (tertiary alicyclic amines) is 1. The van der Waals surface area contributed by atoms with Gasteiger partial charge in [0.05, 0.1) is 18.4 Å². The van der Waals surface area contributed by atoms with Crippen LogP contribution in [0.4, 0.5) is 5.69 Å². The highest BCUT2D eigenvalue weighted by atomic mass is 35.5. The number of nitrogens with zero attached hydrogens (tertiary/aromatic N) is 1. The van der Waals surface area contributed by atoms with E-state index >= 15 is 0 Å². The number of anilines is 1. The zero-order valence-corrected chi connectivity index (χ0v) is 16.8. The van der Waals surface area contributed by atoms with Crippen molar-refractivity contribution in [2.24, 2.45) is 5.92 Å². The average molecular weight is 407 g/mol. The molecule has 0 radical (unpaired) electrons. The predicted octanol–water partition coefficient (Wildman–Crippen LogP) is 4.68. The van der Waals surface area contributed by atoms with Crippen molar-refractivity contribution in [1.82, 2.24) is 4.90 Å². The Hall–Kier alpha value is -2.05. The molecule has 1 N–H and O–H groups in total. The molecule has 1 aliphatic heterocycles. The third-order valence-corrected chi connectivity index (χ3v) is 5.71. The van der Waals surface area contributed by atoms with Gasteiger partial charge in [0.25, 0.3) is 5.91 Å². The van der Waals surface area contributed by atoms with E-state index in [1.165, 1.54) is 11.3 Å². The van der Waals surface area contributed by atoms with Gasteiger partial charge in [-0.05, 0) is 54.8 Å². The first-order valence-corrected chi connectivity index (χ1v) is 10.3. The number of carbonyl (C=O) groups excluding carboxylic acids is 2. The van der Waals surface area contributed by atoms with Gasteiger partial charge >= 0.3 is 0 Å². The number of carbonyl (C=O) groups is 2. The maximum Gasteiger partial charge on any atom is 0.254 e. The van der Waals surface area contributed by atoms with Crippen molar-refractivity contribution in [2.45, 2.75) is 25.7 Å². The topological polar surface area (TPSA) is 58.6 Å². The summed E-state index contributed by atoms with van der Waals surface area (Å²) in [5, 5.41) is 7.22. The Morgan fingerprint density at radius 2 is 2.22 bits per heavy atom. The van der Waals surface area contributed by atoms with E-state index in [0.717, 1.165) is 31.4 Å². The number of hydrogen-bond donors (Lipinski definition) is 1. The summed E-state index contributed by atoms with van der Waals surface area (Å²) in [5.41, 5.74) is 1.33. The number of amides is 2. The third-order valence-electron chi connectivity index (χ3n) is 4.79. The number of rotatable bonds is 6. The lowest BCUT2D eigenvalue weighted by Crippen LogP contribution is -2.40. The van der Waals surface area contributed by atoms with Gasteiger partial charge in [0, 0.05) is 29.9 Å². The van der Waals surface area contributed by atoms with Crippen LogP contribution < -0.4 is 10.1 Å². The molecule has 1 fully saturated rings. The zero-order valence-electron chi connectivity index (χ0n) is 15.2. The van der Waals surface area contributed by atoms with E-state index in [4.69, 9.17) is 16.3 Å². The summed E-state index contributed by atoms with van der Waals surface area (Å²) in [6, 6.07) is 6.99. The fourth-order valence-electron chi connectivity index (χ4n) is 3.38. The number of hydrogen-bond acceptors (Lipinski definition) is 4. The summed E-state index contributed by atoms with van der Waals surface area (Å²) >= 11 is 7.53. The fourth-order valence-corrected chi connectivity index (χ4v) is 4.18. The van der Waals surface area contributed by atoms with E-state index in [0.29, 0.717) is 35.3 Å². The molecule has 1 aliphatic rings. The quantitative estimate of drug-likeness (QED) is 0.757. The smallest absolute Gasteiger partial charge is 0.254 e. The molecule has 1 aromatic carbocycles. The summed E-state index contributed by atoms with van der Waals surface area (Å²) in [4.78, 5) is 26.8. The molecule has 1 atom stereocenters. The third kappa shape index (κ3) is 5.23. The van der Waals surface area contributed by atoms with Gasteiger partial charge < -0.3 is 15.0 Å². The molecule has 5 nitrogen and oxygen atoms in total. The van der Waals surface area contributed by atoms with Crippen molar-refractivity contribution in [3.8, 4) is 5.75 Å². The molecule has 0 unspecified atom stereocenters. The monoisotopic (exact) mass is 406 g/mol. The molecule has 2 aromatic rings. The van der Waals surface area contributed by atoms with Crippen LogP contribution in [0, 0.1) is 5.92 Å². The molecule has 1 aromatic heterocycles. The Morgan fingerprint density at radius 1 is 1.37 bits per heavy atom. The largest absolute Gasteiger partial charge is 0.495 e. The zero-order chi connectivity index (χ0) is 19.2. The van der Waals surface area contributed by atoms with Gasteiger partial charge in [0.15, 0.2) is 0 Å². The fraction of sp³-hybridized carbons (Fsp3) is 0.400.